The fraction of sp³-hybridized carbons (Fsp3) is 0.0667. The van der Waals surface area contributed by atoms with Gasteiger partial charge < -0.3 is 0 Å². The van der Waals surface area contributed by atoms with Crippen LogP contribution in [0.25, 0.3) is 6.08 Å². The molecule has 2 heterocycles. The van der Waals surface area contributed by atoms with Crippen molar-refractivity contribution in [3.63, 3.8) is 0 Å². The lowest BCUT2D eigenvalue weighted by Crippen LogP contribution is -2.27. The number of rotatable bonds is 4. The number of hydrogen-bond donors (Lipinski definition) is 0. The molecule has 25 heavy (non-hydrogen) atoms. The summed E-state index contributed by atoms with van der Waals surface area (Å²) in [5.41, 5.74) is 0.443. The molecule has 0 bridgehead atoms. The predicted octanol–water partition coefficient (Wildman–Crippen LogP) is 4.69. The minimum atomic E-state index is -0.524. The van der Waals surface area contributed by atoms with Gasteiger partial charge in [-0.2, -0.15) is 0 Å². The number of amides is 2. The number of hydrogen-bond acceptors (Lipinski definition) is 6. The van der Waals surface area contributed by atoms with Gasteiger partial charge in [0.05, 0.1) is 16.4 Å². The van der Waals surface area contributed by atoms with E-state index >= 15 is 0 Å². The molecule has 1 aromatic heterocycles. The predicted molar refractivity (Wildman–Crippen MR) is 93.9 cm³/mol. The molecule has 0 atom stereocenters. The van der Waals surface area contributed by atoms with Gasteiger partial charge in [-0.05, 0) is 41.6 Å². The number of nitrogens with zero attached hydrogens (tertiary/aromatic N) is 2. The van der Waals surface area contributed by atoms with Crippen molar-refractivity contribution in [3.05, 3.63) is 66.6 Å². The fourth-order valence-electron chi connectivity index (χ4n) is 2.10. The molecule has 0 spiro atoms. The average Bonchev–Trinajstić information content (AvgIpc) is 3.10. The van der Waals surface area contributed by atoms with E-state index in [0.29, 0.717) is 10.4 Å². The first-order valence-electron chi connectivity index (χ1n) is 6.78. The van der Waals surface area contributed by atoms with Crippen LogP contribution in [0.15, 0.2) is 35.2 Å². The highest BCUT2D eigenvalue weighted by molar-refractivity contribution is 8.18. The third-order valence-corrected chi connectivity index (χ3v) is 5.53. The van der Waals surface area contributed by atoms with E-state index in [-0.39, 0.29) is 21.5 Å². The second-order valence-electron chi connectivity index (χ2n) is 4.94. The molecule has 0 radical (unpaired) electrons. The first-order valence-corrected chi connectivity index (χ1v) is 8.80. The Labute approximate surface area is 154 Å². The number of nitro groups is 1. The number of carbonyl (C=O) groups is 2. The number of imide groups is 1. The Bertz CT molecular complexity index is 928. The lowest BCUT2D eigenvalue weighted by atomic mass is 10.2. The molecule has 0 N–H and O–H groups in total. The zero-order valence-electron chi connectivity index (χ0n) is 12.3. The van der Waals surface area contributed by atoms with Crippen molar-refractivity contribution in [2.45, 2.75) is 6.54 Å². The van der Waals surface area contributed by atoms with Gasteiger partial charge in [-0.1, -0.05) is 29.0 Å². The van der Waals surface area contributed by atoms with Crippen molar-refractivity contribution < 1.29 is 18.9 Å². The lowest BCUT2D eigenvalue weighted by Gasteiger charge is -2.13. The Morgan fingerprint density at radius 3 is 2.68 bits per heavy atom. The Hall–Kier alpha value is -2.23. The summed E-state index contributed by atoms with van der Waals surface area (Å²) in [6, 6.07) is 6.55. The van der Waals surface area contributed by atoms with Gasteiger partial charge in [0.2, 0.25) is 0 Å². The van der Waals surface area contributed by atoms with E-state index in [1.807, 2.05) is 0 Å². The Balaban J connectivity index is 1.81. The monoisotopic (exact) mass is 398 g/mol. The Morgan fingerprint density at radius 1 is 1.28 bits per heavy atom. The maximum Gasteiger partial charge on any atom is 0.324 e. The summed E-state index contributed by atoms with van der Waals surface area (Å²) in [7, 11) is 0. The van der Waals surface area contributed by atoms with Crippen LogP contribution < -0.4 is 0 Å². The van der Waals surface area contributed by atoms with E-state index in [1.54, 1.807) is 0 Å². The van der Waals surface area contributed by atoms with Gasteiger partial charge in [-0.3, -0.25) is 24.6 Å². The minimum Gasteiger partial charge on any atom is -0.268 e. The molecule has 10 heteroatoms. The number of thiophene rings is 1. The number of halogens is 2. The van der Waals surface area contributed by atoms with E-state index in [1.165, 1.54) is 30.3 Å². The zero-order valence-corrected chi connectivity index (χ0v) is 14.7. The fourth-order valence-corrected chi connectivity index (χ4v) is 4.00. The maximum absolute atomic E-state index is 13.1. The molecule has 1 fully saturated rings. The molecular formula is C15H8ClFN2O4S2. The average molecular weight is 399 g/mol. The van der Waals surface area contributed by atoms with Crippen LogP contribution in [0.4, 0.5) is 14.2 Å². The molecule has 0 aliphatic carbocycles. The van der Waals surface area contributed by atoms with Crippen molar-refractivity contribution in [1.82, 2.24) is 4.90 Å². The van der Waals surface area contributed by atoms with Gasteiger partial charge in [0.1, 0.15) is 5.82 Å². The van der Waals surface area contributed by atoms with Crippen LogP contribution in [-0.4, -0.2) is 21.0 Å². The summed E-state index contributed by atoms with van der Waals surface area (Å²) < 4.78 is 13.1. The molecule has 6 nitrogen and oxygen atoms in total. The molecule has 1 aromatic carbocycles. The summed E-state index contributed by atoms with van der Waals surface area (Å²) in [6.45, 7) is -0.0777. The molecule has 1 aliphatic rings. The van der Waals surface area contributed by atoms with Crippen molar-refractivity contribution in [3.8, 4) is 0 Å². The quantitative estimate of drug-likeness (QED) is 0.424. The number of carbonyl (C=O) groups excluding carboxylic acids is 2. The van der Waals surface area contributed by atoms with Crippen molar-refractivity contribution in [1.29, 1.82) is 0 Å². The third kappa shape index (κ3) is 3.73. The topological polar surface area (TPSA) is 80.5 Å². The first-order chi connectivity index (χ1) is 11.8. The maximum atomic E-state index is 13.1. The summed E-state index contributed by atoms with van der Waals surface area (Å²) in [4.78, 5) is 36.3. The van der Waals surface area contributed by atoms with Crippen molar-refractivity contribution in [2.75, 3.05) is 0 Å². The van der Waals surface area contributed by atoms with Crippen LogP contribution in [-0.2, 0) is 11.3 Å². The van der Waals surface area contributed by atoms with Crippen LogP contribution in [0.2, 0.25) is 5.02 Å². The SMILES string of the molecule is O=C1S/C(=C\c2ccc([N+](=O)[O-])s2)C(=O)N1Cc1ccc(F)cc1Cl. The third-order valence-electron chi connectivity index (χ3n) is 3.28. The van der Waals surface area contributed by atoms with Crippen molar-refractivity contribution >= 4 is 56.9 Å². The lowest BCUT2D eigenvalue weighted by molar-refractivity contribution is -0.380. The van der Waals surface area contributed by atoms with Crippen LogP contribution in [0.5, 0.6) is 0 Å². The number of benzene rings is 1. The van der Waals surface area contributed by atoms with Gasteiger partial charge in [0.25, 0.3) is 11.1 Å². The molecule has 0 unspecified atom stereocenters. The van der Waals surface area contributed by atoms with Gasteiger partial charge >= 0.3 is 5.00 Å². The molecule has 2 amide bonds. The molecular weight excluding hydrogens is 391 g/mol. The summed E-state index contributed by atoms with van der Waals surface area (Å²) >= 11 is 7.58. The Morgan fingerprint density at radius 2 is 2.04 bits per heavy atom. The van der Waals surface area contributed by atoms with Crippen LogP contribution in [0.3, 0.4) is 0 Å². The molecule has 2 aromatic rings. The highest BCUT2D eigenvalue weighted by Crippen LogP contribution is 2.36. The van der Waals surface area contributed by atoms with Gasteiger partial charge in [0, 0.05) is 16.0 Å². The summed E-state index contributed by atoms with van der Waals surface area (Å²) in [6.07, 6.45) is 1.44. The highest BCUT2D eigenvalue weighted by atomic mass is 35.5. The smallest absolute Gasteiger partial charge is 0.268 e. The highest BCUT2D eigenvalue weighted by Gasteiger charge is 2.35. The Kier molecular flexibility index (Phi) is 4.89. The molecule has 3 rings (SSSR count). The van der Waals surface area contributed by atoms with E-state index in [9.17, 15) is 24.1 Å². The molecule has 0 saturated carbocycles. The van der Waals surface area contributed by atoms with Gasteiger partial charge in [-0.15, -0.1) is 0 Å². The van der Waals surface area contributed by atoms with E-state index in [2.05, 4.69) is 0 Å². The molecule has 128 valence electrons. The van der Waals surface area contributed by atoms with E-state index in [4.69, 9.17) is 11.6 Å². The second-order valence-corrected chi connectivity index (χ2v) is 7.43. The second kappa shape index (κ2) is 6.95. The summed E-state index contributed by atoms with van der Waals surface area (Å²) in [5, 5.41) is 10.3. The molecule has 1 aliphatic heterocycles. The first kappa shape index (κ1) is 17.6. The molecule has 1 saturated heterocycles. The summed E-state index contributed by atoms with van der Waals surface area (Å²) in [5.74, 6) is -1.03. The minimum absolute atomic E-state index is 0.0522. The number of thioether (sulfide) groups is 1. The largest absolute Gasteiger partial charge is 0.324 e. The van der Waals surface area contributed by atoms with Crippen LogP contribution >= 0.6 is 34.7 Å². The van der Waals surface area contributed by atoms with Crippen LogP contribution in [0.1, 0.15) is 10.4 Å². The zero-order chi connectivity index (χ0) is 18.1. The van der Waals surface area contributed by atoms with Crippen molar-refractivity contribution in [2.24, 2.45) is 0 Å². The van der Waals surface area contributed by atoms with E-state index in [0.717, 1.165) is 34.1 Å². The van der Waals surface area contributed by atoms with Crippen LogP contribution in [0, 0.1) is 15.9 Å². The van der Waals surface area contributed by atoms with Gasteiger partial charge in [-0.25, -0.2) is 4.39 Å². The normalized spacial score (nSPS) is 16.1. The van der Waals surface area contributed by atoms with E-state index < -0.39 is 21.9 Å². The standard InChI is InChI=1S/C15H8ClFN2O4S2/c16-11-5-9(17)2-1-8(11)7-18-14(20)12(25-15(18)21)6-10-3-4-13(24-10)19(22)23/h1-6H,7H2/b12-6-. The van der Waals surface area contributed by atoms with Gasteiger partial charge in [0.15, 0.2) is 0 Å².